The number of amides is 2. The maximum absolute atomic E-state index is 14.5. The van der Waals surface area contributed by atoms with Gasteiger partial charge in [0.1, 0.15) is 17.7 Å². The number of ether oxygens (including phenoxy) is 2. The second-order valence-corrected chi connectivity index (χ2v) is 10.8. The van der Waals surface area contributed by atoms with Gasteiger partial charge in [-0.15, -0.1) is 0 Å². The molecule has 3 heterocycles. The van der Waals surface area contributed by atoms with E-state index in [2.05, 4.69) is 20.6 Å². The van der Waals surface area contributed by atoms with E-state index in [9.17, 15) is 14.0 Å². The molecule has 41 heavy (non-hydrogen) atoms. The van der Waals surface area contributed by atoms with Crippen molar-refractivity contribution in [2.24, 2.45) is 0 Å². The third-order valence-corrected chi connectivity index (χ3v) is 7.91. The number of rotatable bonds is 7. The lowest BCUT2D eigenvalue weighted by Gasteiger charge is -2.32. The number of hydrogen-bond acceptors (Lipinski definition) is 8. The smallest absolute Gasteiger partial charge is 0.258 e. The van der Waals surface area contributed by atoms with E-state index in [-0.39, 0.29) is 40.9 Å². The van der Waals surface area contributed by atoms with Crippen molar-refractivity contribution >= 4 is 35.1 Å². The molecule has 216 valence electrons. The first-order valence-electron chi connectivity index (χ1n) is 13.3. The van der Waals surface area contributed by atoms with E-state index < -0.39 is 18.1 Å². The topological polar surface area (TPSA) is 109 Å². The number of aryl methyl sites for hydroxylation is 1. The number of likely N-dealkylation sites (tertiary alicyclic amines) is 1. The van der Waals surface area contributed by atoms with Crippen molar-refractivity contribution in [2.45, 2.75) is 38.5 Å². The van der Waals surface area contributed by atoms with Gasteiger partial charge in [0, 0.05) is 31.9 Å². The Morgan fingerprint density at radius 3 is 2.73 bits per heavy atom. The van der Waals surface area contributed by atoms with Gasteiger partial charge in [-0.05, 0) is 51.1 Å². The Hall–Kier alpha value is -3.96. The lowest BCUT2D eigenvalue weighted by atomic mass is 10.0. The van der Waals surface area contributed by atoms with Crippen molar-refractivity contribution in [1.82, 2.24) is 25.1 Å². The van der Waals surface area contributed by atoms with Crippen LogP contribution in [0, 0.1) is 6.92 Å². The zero-order chi connectivity index (χ0) is 29.4. The molecule has 1 fully saturated rings. The number of nitrogens with one attached hydrogen (secondary N) is 2. The highest BCUT2D eigenvalue weighted by Gasteiger charge is 2.34. The molecule has 0 bridgehead atoms. The van der Waals surface area contributed by atoms with Crippen LogP contribution in [0.4, 0.5) is 16.0 Å². The molecule has 2 aliphatic rings. The number of carbonyl (C=O) groups is 2. The zero-order valence-corrected chi connectivity index (χ0v) is 24.3. The van der Waals surface area contributed by atoms with Crippen LogP contribution < -0.4 is 20.1 Å². The predicted octanol–water partition coefficient (Wildman–Crippen LogP) is 4.90. The largest absolute Gasteiger partial charge is 0.495 e. The average Bonchev–Trinajstić information content (AvgIpc) is 3.16. The Morgan fingerprint density at radius 1 is 1.22 bits per heavy atom. The zero-order valence-electron chi connectivity index (χ0n) is 23.5. The highest BCUT2D eigenvalue weighted by Crippen LogP contribution is 2.39. The van der Waals surface area contributed by atoms with Gasteiger partial charge in [-0.1, -0.05) is 23.7 Å². The van der Waals surface area contributed by atoms with Crippen molar-refractivity contribution in [3.05, 3.63) is 63.8 Å². The monoisotopic (exact) mass is 582 g/mol. The molecule has 2 aromatic carbocycles. The number of carbonyl (C=O) groups excluding carboxylic acids is 2. The van der Waals surface area contributed by atoms with Crippen LogP contribution in [0.3, 0.4) is 0 Å². The molecule has 3 aromatic rings. The number of alkyl halides is 1. The summed E-state index contributed by atoms with van der Waals surface area (Å²) in [4.78, 5) is 38.2. The normalized spacial score (nSPS) is 20.5. The first-order valence-corrected chi connectivity index (χ1v) is 13.6. The molecule has 5 rings (SSSR count). The van der Waals surface area contributed by atoms with E-state index >= 15 is 0 Å². The molecule has 0 saturated carbocycles. The van der Waals surface area contributed by atoms with E-state index in [1.54, 1.807) is 31.1 Å². The summed E-state index contributed by atoms with van der Waals surface area (Å²) in [5.41, 5.74) is 2.64. The first-order chi connectivity index (χ1) is 19.6. The lowest BCUT2D eigenvalue weighted by Crippen LogP contribution is -2.51. The van der Waals surface area contributed by atoms with Crippen LogP contribution in [0.2, 0.25) is 5.02 Å². The van der Waals surface area contributed by atoms with Gasteiger partial charge in [0.15, 0.2) is 0 Å². The molecule has 0 unspecified atom stereocenters. The van der Waals surface area contributed by atoms with Crippen LogP contribution >= 0.6 is 11.6 Å². The number of hydrogen-bond donors (Lipinski definition) is 2. The molecular formula is C29H32ClFN6O4. The molecule has 10 nitrogen and oxygen atoms in total. The highest BCUT2D eigenvalue weighted by molar-refractivity contribution is 6.34. The molecule has 12 heteroatoms. The van der Waals surface area contributed by atoms with Crippen LogP contribution in [-0.2, 0) is 0 Å². The fraction of sp³-hybridized carbons (Fsp3) is 0.379. The summed E-state index contributed by atoms with van der Waals surface area (Å²) in [6.07, 6.45) is 0.923. The molecule has 0 aliphatic carbocycles. The fourth-order valence-corrected chi connectivity index (χ4v) is 5.29. The van der Waals surface area contributed by atoms with E-state index in [1.165, 1.54) is 19.2 Å². The van der Waals surface area contributed by atoms with Gasteiger partial charge in [0.05, 0.1) is 41.0 Å². The van der Waals surface area contributed by atoms with Crippen LogP contribution in [0.5, 0.6) is 17.4 Å². The van der Waals surface area contributed by atoms with E-state index in [4.69, 9.17) is 21.1 Å². The number of nitrogens with zero attached hydrogens (tertiary/aromatic N) is 4. The molecule has 2 aliphatic heterocycles. The standard InChI is InChI=1S/C29H32ClFN6O4/c1-15-13-32-29(35-27(15)41-23-8-6-7-17-16(2)37(4)28(39)25(17)23)34-22-12-19(30)18(11-24(22)40-5)26(38)33-21-9-10-36(3)14-20(21)31/h6-8,11-13,16,20-21H,9-10,14H2,1-5H3,(H,33,38)(H,32,34,35)/t16-,20+,21-/m0/s1. The minimum absolute atomic E-state index is 0.0604. The summed E-state index contributed by atoms with van der Waals surface area (Å²) >= 11 is 6.49. The van der Waals surface area contributed by atoms with Crippen molar-refractivity contribution in [2.75, 3.05) is 39.6 Å². The van der Waals surface area contributed by atoms with Crippen molar-refractivity contribution in [3.8, 4) is 17.4 Å². The number of halogens is 2. The summed E-state index contributed by atoms with van der Waals surface area (Å²) in [5, 5.41) is 5.98. The summed E-state index contributed by atoms with van der Waals surface area (Å²) in [7, 11) is 5.06. The molecule has 3 atom stereocenters. The molecule has 0 spiro atoms. The van der Waals surface area contributed by atoms with Gasteiger partial charge < -0.3 is 29.9 Å². The lowest BCUT2D eigenvalue weighted by molar-refractivity contribution is 0.0781. The summed E-state index contributed by atoms with van der Waals surface area (Å²) in [5.74, 6) is 0.584. The van der Waals surface area contributed by atoms with Gasteiger partial charge in [-0.2, -0.15) is 4.98 Å². The van der Waals surface area contributed by atoms with E-state index in [0.717, 1.165) is 5.56 Å². The SMILES string of the molecule is COc1cc(C(=O)N[C@H]2CCN(C)C[C@H]2F)c(Cl)cc1Nc1ncc(C)c(Oc2cccc3c2C(=O)N(C)[C@H]3C)n1. The van der Waals surface area contributed by atoms with Gasteiger partial charge in [0.2, 0.25) is 11.8 Å². The second-order valence-electron chi connectivity index (χ2n) is 10.4. The fourth-order valence-electron chi connectivity index (χ4n) is 5.04. The van der Waals surface area contributed by atoms with Crippen molar-refractivity contribution in [1.29, 1.82) is 0 Å². The summed E-state index contributed by atoms with van der Waals surface area (Å²) in [6, 6.07) is 7.86. The van der Waals surface area contributed by atoms with Gasteiger partial charge in [-0.25, -0.2) is 9.37 Å². The van der Waals surface area contributed by atoms with Crippen LogP contribution in [0.25, 0.3) is 0 Å². The maximum atomic E-state index is 14.5. The Balaban J connectivity index is 1.37. The Morgan fingerprint density at radius 2 is 2.00 bits per heavy atom. The first kappa shape index (κ1) is 28.6. The van der Waals surface area contributed by atoms with Crippen molar-refractivity contribution < 1.29 is 23.5 Å². The average molecular weight is 583 g/mol. The van der Waals surface area contributed by atoms with Crippen LogP contribution in [0.15, 0.2) is 36.5 Å². The molecule has 0 radical (unpaired) electrons. The van der Waals surface area contributed by atoms with Gasteiger partial charge in [0.25, 0.3) is 11.8 Å². The molecular weight excluding hydrogens is 551 g/mol. The number of piperidine rings is 1. The minimum Gasteiger partial charge on any atom is -0.495 e. The third-order valence-electron chi connectivity index (χ3n) is 7.60. The number of benzene rings is 2. The second kappa shape index (κ2) is 11.5. The molecule has 2 N–H and O–H groups in total. The molecule has 1 aromatic heterocycles. The third kappa shape index (κ3) is 5.64. The van der Waals surface area contributed by atoms with Crippen molar-refractivity contribution in [3.63, 3.8) is 0 Å². The molecule has 2 amide bonds. The Kier molecular flexibility index (Phi) is 8.01. The number of methoxy groups -OCH3 is 1. The van der Waals surface area contributed by atoms with Crippen LogP contribution in [0.1, 0.15) is 51.2 Å². The van der Waals surface area contributed by atoms with E-state index in [0.29, 0.717) is 41.3 Å². The Bertz CT molecular complexity index is 1500. The summed E-state index contributed by atoms with van der Waals surface area (Å²) < 4.78 is 26.1. The maximum Gasteiger partial charge on any atom is 0.258 e. The number of anilines is 2. The predicted molar refractivity (Wildman–Crippen MR) is 153 cm³/mol. The number of aromatic nitrogens is 2. The highest BCUT2D eigenvalue weighted by atomic mass is 35.5. The molecule has 1 saturated heterocycles. The van der Waals surface area contributed by atoms with Crippen LogP contribution in [-0.4, -0.2) is 78.1 Å². The van der Waals surface area contributed by atoms with E-state index in [1.807, 2.05) is 31.0 Å². The Labute approximate surface area is 242 Å². The quantitative estimate of drug-likeness (QED) is 0.405. The number of fused-ring (bicyclic) bond motifs is 1. The summed E-state index contributed by atoms with van der Waals surface area (Å²) in [6.45, 7) is 4.71. The van der Waals surface area contributed by atoms with Gasteiger partial charge >= 0.3 is 0 Å². The van der Waals surface area contributed by atoms with Gasteiger partial charge in [-0.3, -0.25) is 9.59 Å². The minimum atomic E-state index is -1.17.